The number of methoxy groups -OCH3 is 2. The first-order valence-corrected chi connectivity index (χ1v) is 14.4. The van der Waals surface area contributed by atoms with Crippen molar-refractivity contribution in [3.8, 4) is 23.0 Å². The Morgan fingerprint density at radius 1 is 0.651 bits per heavy atom. The number of phenolic OH excluding ortho intramolecular Hbond substituents is 1. The van der Waals surface area contributed by atoms with Gasteiger partial charge in [0, 0.05) is 30.1 Å². The van der Waals surface area contributed by atoms with E-state index in [4.69, 9.17) is 30.9 Å². The molecule has 2 aliphatic rings. The van der Waals surface area contributed by atoms with Crippen molar-refractivity contribution in [1.29, 1.82) is 0 Å². The Labute approximate surface area is 256 Å². The molecule has 0 aliphatic carbocycles. The fraction of sp³-hybridized carbons (Fsp3) is 0.235. The summed E-state index contributed by atoms with van der Waals surface area (Å²) in [6.07, 6.45) is 2.53. The molecule has 224 valence electrons. The van der Waals surface area contributed by atoms with E-state index in [1.54, 1.807) is 32.4 Å². The summed E-state index contributed by atoms with van der Waals surface area (Å²) < 4.78 is 15.9. The van der Waals surface area contributed by atoms with Crippen molar-refractivity contribution in [2.24, 2.45) is 0 Å². The van der Waals surface area contributed by atoms with Crippen LogP contribution in [0.1, 0.15) is 35.1 Å². The Balaban J connectivity index is 0.000000163. The number of anilines is 2. The molecule has 4 aromatic carbocycles. The predicted molar refractivity (Wildman–Crippen MR) is 168 cm³/mol. The molecule has 0 radical (unpaired) electrons. The van der Waals surface area contributed by atoms with Crippen LogP contribution in [0.25, 0.3) is 0 Å². The fourth-order valence-electron chi connectivity index (χ4n) is 4.42. The molecule has 2 heterocycles. The smallest absolute Gasteiger partial charge is 0.224 e. The number of amides is 2. The van der Waals surface area contributed by atoms with Crippen LogP contribution in [0, 0.1) is 0 Å². The van der Waals surface area contributed by atoms with E-state index < -0.39 is 0 Å². The molecule has 0 spiro atoms. The molecule has 2 aliphatic heterocycles. The van der Waals surface area contributed by atoms with Gasteiger partial charge in [-0.05, 0) is 95.8 Å². The quantitative estimate of drug-likeness (QED) is 0.164. The minimum Gasteiger partial charge on any atom is -0.508 e. The minimum absolute atomic E-state index is 0.0492. The molecule has 0 aromatic heterocycles. The monoisotopic (exact) mass is 602 g/mol. The fourth-order valence-corrected chi connectivity index (χ4v) is 4.60. The molecule has 0 bridgehead atoms. The lowest BCUT2D eigenvalue weighted by atomic mass is 10.0. The topological polar surface area (TPSA) is 106 Å². The number of hydrogen-bond donors (Lipinski definition) is 3. The molecule has 4 aromatic rings. The van der Waals surface area contributed by atoms with Gasteiger partial charge in [0.15, 0.2) is 0 Å². The van der Waals surface area contributed by atoms with Crippen LogP contribution in [0.3, 0.4) is 0 Å². The maximum Gasteiger partial charge on any atom is 0.224 e. The largest absolute Gasteiger partial charge is 0.508 e. The van der Waals surface area contributed by atoms with E-state index in [0.717, 1.165) is 63.7 Å². The summed E-state index contributed by atoms with van der Waals surface area (Å²) in [6, 6.07) is 26.3. The number of halogens is 1. The molecule has 0 atom stereocenters. The molecule has 6 rings (SSSR count). The SMILES string of the molecule is COc1ccc(CCl)cc1.COc1ccc(COc2ccc3c(c2)CCC(=O)N3)cc1.O=C1CCc2cc(O)ccc2N1. The third-order valence-corrected chi connectivity index (χ3v) is 7.14. The van der Waals surface area contributed by atoms with E-state index in [9.17, 15) is 9.59 Å². The van der Waals surface area contributed by atoms with Crippen molar-refractivity contribution in [2.75, 3.05) is 24.9 Å². The molecule has 3 N–H and O–H groups in total. The number of alkyl halides is 1. The zero-order chi connectivity index (χ0) is 30.6. The van der Waals surface area contributed by atoms with E-state index in [2.05, 4.69) is 10.6 Å². The van der Waals surface area contributed by atoms with Crippen molar-refractivity contribution >= 4 is 34.8 Å². The number of benzene rings is 4. The van der Waals surface area contributed by atoms with Crippen LogP contribution < -0.4 is 24.8 Å². The van der Waals surface area contributed by atoms with Crippen LogP contribution in [0.4, 0.5) is 11.4 Å². The Morgan fingerprint density at radius 2 is 1.14 bits per heavy atom. The van der Waals surface area contributed by atoms with Crippen LogP contribution in [0.2, 0.25) is 0 Å². The van der Waals surface area contributed by atoms with E-state index >= 15 is 0 Å². The predicted octanol–water partition coefficient (Wildman–Crippen LogP) is 6.87. The summed E-state index contributed by atoms with van der Waals surface area (Å²) in [5.41, 5.74) is 6.05. The summed E-state index contributed by atoms with van der Waals surface area (Å²) in [5, 5.41) is 14.7. The lowest BCUT2D eigenvalue weighted by Gasteiger charge is -2.17. The van der Waals surface area contributed by atoms with Gasteiger partial charge in [-0.25, -0.2) is 0 Å². The summed E-state index contributed by atoms with van der Waals surface area (Å²) in [5.74, 6) is 3.47. The van der Waals surface area contributed by atoms with Gasteiger partial charge in [-0.2, -0.15) is 0 Å². The van der Waals surface area contributed by atoms with Gasteiger partial charge in [0.25, 0.3) is 0 Å². The third-order valence-electron chi connectivity index (χ3n) is 6.83. The molecular weight excluding hydrogens is 568 g/mol. The molecular formula is C34H35ClN2O6. The number of fused-ring (bicyclic) bond motifs is 2. The van der Waals surface area contributed by atoms with Gasteiger partial charge in [0.05, 0.1) is 14.2 Å². The number of hydrogen-bond acceptors (Lipinski definition) is 6. The van der Waals surface area contributed by atoms with Crippen molar-refractivity contribution in [3.05, 3.63) is 107 Å². The Kier molecular flexibility index (Phi) is 11.3. The second-order valence-corrected chi connectivity index (χ2v) is 10.1. The number of phenols is 1. The third kappa shape index (κ3) is 9.41. The highest BCUT2D eigenvalue weighted by Crippen LogP contribution is 2.28. The lowest BCUT2D eigenvalue weighted by molar-refractivity contribution is -0.117. The maximum atomic E-state index is 11.3. The summed E-state index contributed by atoms with van der Waals surface area (Å²) in [6.45, 7) is 0.509. The molecule has 2 amide bonds. The van der Waals surface area contributed by atoms with Gasteiger partial charge in [-0.3, -0.25) is 9.59 Å². The number of ether oxygens (including phenoxy) is 3. The zero-order valence-electron chi connectivity index (χ0n) is 24.2. The second-order valence-electron chi connectivity index (χ2n) is 9.88. The first-order valence-electron chi connectivity index (χ1n) is 13.9. The normalized spacial score (nSPS) is 12.9. The van der Waals surface area contributed by atoms with Gasteiger partial charge >= 0.3 is 0 Å². The first-order chi connectivity index (χ1) is 20.9. The zero-order valence-corrected chi connectivity index (χ0v) is 24.9. The average molecular weight is 603 g/mol. The number of carbonyl (C=O) groups excluding carboxylic acids is 2. The molecule has 9 heteroatoms. The van der Waals surface area contributed by atoms with Crippen molar-refractivity contribution < 1.29 is 28.9 Å². The highest BCUT2D eigenvalue weighted by atomic mass is 35.5. The number of rotatable bonds is 6. The van der Waals surface area contributed by atoms with E-state index in [0.29, 0.717) is 25.3 Å². The van der Waals surface area contributed by atoms with Crippen LogP contribution >= 0.6 is 11.6 Å². The molecule has 43 heavy (non-hydrogen) atoms. The summed E-state index contributed by atoms with van der Waals surface area (Å²) in [7, 11) is 3.30. The van der Waals surface area contributed by atoms with Crippen LogP contribution in [-0.4, -0.2) is 31.1 Å². The van der Waals surface area contributed by atoms with Crippen molar-refractivity contribution in [3.63, 3.8) is 0 Å². The summed E-state index contributed by atoms with van der Waals surface area (Å²) in [4.78, 5) is 22.3. The molecule has 0 unspecified atom stereocenters. The van der Waals surface area contributed by atoms with Gasteiger partial charge in [0.1, 0.15) is 29.6 Å². The highest BCUT2D eigenvalue weighted by Gasteiger charge is 2.15. The Bertz CT molecular complexity index is 1500. The van der Waals surface area contributed by atoms with E-state index in [1.807, 2.05) is 66.7 Å². The standard InChI is InChI=1S/C17H17NO3.C9H9NO2.C8H9ClO/c1-20-14-5-2-12(3-6-14)11-21-15-7-8-16-13(10-15)4-9-17(19)18-16;11-7-2-3-8-6(5-7)1-4-9(12)10-8;1-10-8-4-2-7(6-9)3-5-8/h2-3,5-8,10H,4,9,11H2,1H3,(H,18,19);2-3,5,11H,1,4H2,(H,10,12);2-5H,6H2,1H3. The molecule has 0 fully saturated rings. The number of aromatic hydroxyl groups is 1. The lowest BCUT2D eigenvalue weighted by Crippen LogP contribution is -2.18. The Morgan fingerprint density at radius 3 is 1.67 bits per heavy atom. The second kappa shape index (κ2) is 15.5. The number of carbonyl (C=O) groups is 2. The van der Waals surface area contributed by atoms with Crippen LogP contribution in [0.5, 0.6) is 23.0 Å². The average Bonchev–Trinajstić information content (AvgIpc) is 3.04. The van der Waals surface area contributed by atoms with E-state index in [1.165, 1.54) is 0 Å². The molecule has 0 saturated carbocycles. The molecule has 8 nitrogen and oxygen atoms in total. The van der Waals surface area contributed by atoms with Gasteiger partial charge in [-0.1, -0.05) is 24.3 Å². The van der Waals surface area contributed by atoms with Crippen LogP contribution in [-0.2, 0) is 34.9 Å². The first kappa shape index (κ1) is 31.3. The Hall–Kier alpha value is -4.69. The van der Waals surface area contributed by atoms with Gasteiger partial charge in [0.2, 0.25) is 11.8 Å². The number of aryl methyl sites for hydroxylation is 2. The summed E-state index contributed by atoms with van der Waals surface area (Å²) >= 11 is 5.58. The maximum absolute atomic E-state index is 11.3. The van der Waals surface area contributed by atoms with Crippen molar-refractivity contribution in [2.45, 2.75) is 38.2 Å². The number of nitrogens with one attached hydrogen (secondary N) is 2. The van der Waals surface area contributed by atoms with Crippen LogP contribution in [0.15, 0.2) is 84.9 Å². The minimum atomic E-state index is 0.0492. The van der Waals surface area contributed by atoms with Crippen molar-refractivity contribution in [1.82, 2.24) is 0 Å². The highest BCUT2D eigenvalue weighted by molar-refractivity contribution is 6.17. The molecule has 0 saturated heterocycles. The van der Waals surface area contributed by atoms with Gasteiger partial charge < -0.3 is 30.0 Å². The van der Waals surface area contributed by atoms with Gasteiger partial charge in [-0.15, -0.1) is 11.6 Å². The van der Waals surface area contributed by atoms with E-state index in [-0.39, 0.29) is 17.6 Å².